The van der Waals surface area contributed by atoms with Gasteiger partial charge in [0.1, 0.15) is 12.4 Å². The van der Waals surface area contributed by atoms with E-state index in [2.05, 4.69) is 4.99 Å². The van der Waals surface area contributed by atoms with Gasteiger partial charge in [-0.05, 0) is 48.9 Å². The van der Waals surface area contributed by atoms with Crippen molar-refractivity contribution < 1.29 is 23.4 Å². The summed E-state index contributed by atoms with van der Waals surface area (Å²) in [5.41, 5.74) is 3.40. The molecule has 6 heteroatoms. The van der Waals surface area contributed by atoms with Crippen LogP contribution in [-0.2, 0) is 16.1 Å². The van der Waals surface area contributed by atoms with E-state index in [1.165, 1.54) is 19.2 Å². The summed E-state index contributed by atoms with van der Waals surface area (Å²) in [6.45, 7) is 2.19. The Hall–Kier alpha value is -3.93. The van der Waals surface area contributed by atoms with Crippen molar-refractivity contribution in [3.05, 3.63) is 100 Å². The Labute approximate surface area is 179 Å². The van der Waals surface area contributed by atoms with Gasteiger partial charge in [-0.3, -0.25) is 0 Å². The van der Waals surface area contributed by atoms with Crippen LogP contribution < -0.4 is 9.47 Å². The zero-order chi connectivity index (χ0) is 21.8. The lowest BCUT2D eigenvalue weighted by Crippen LogP contribution is -2.05. The molecule has 0 fully saturated rings. The van der Waals surface area contributed by atoms with Gasteiger partial charge in [0.05, 0.1) is 7.11 Å². The van der Waals surface area contributed by atoms with Gasteiger partial charge in [-0.1, -0.05) is 42.0 Å². The number of halogens is 1. The third-order valence-electron chi connectivity index (χ3n) is 4.74. The van der Waals surface area contributed by atoms with Gasteiger partial charge in [-0.2, -0.15) is 0 Å². The number of rotatable bonds is 6. The molecule has 0 aliphatic carbocycles. The first-order valence-corrected chi connectivity index (χ1v) is 9.67. The molecule has 1 aliphatic heterocycles. The fourth-order valence-corrected chi connectivity index (χ4v) is 3.07. The van der Waals surface area contributed by atoms with Crippen LogP contribution in [0.1, 0.15) is 22.3 Å². The summed E-state index contributed by atoms with van der Waals surface area (Å²) >= 11 is 0. The Bertz CT molecular complexity index is 1170. The highest BCUT2D eigenvalue weighted by atomic mass is 19.1. The second-order valence-electron chi connectivity index (χ2n) is 7.00. The molecule has 31 heavy (non-hydrogen) atoms. The smallest absolute Gasteiger partial charge is 0.363 e. The molecular weight excluding hydrogens is 397 g/mol. The van der Waals surface area contributed by atoms with Crippen LogP contribution in [-0.4, -0.2) is 19.0 Å². The Kier molecular flexibility index (Phi) is 5.80. The first-order chi connectivity index (χ1) is 15.0. The molecule has 0 saturated carbocycles. The Morgan fingerprint density at radius 1 is 1.03 bits per heavy atom. The van der Waals surface area contributed by atoms with Crippen molar-refractivity contribution in [1.82, 2.24) is 0 Å². The highest BCUT2D eigenvalue weighted by Gasteiger charge is 2.25. The van der Waals surface area contributed by atoms with Crippen LogP contribution in [0.15, 0.2) is 77.4 Å². The number of aliphatic imine (C=N–C) groups is 1. The number of aryl methyl sites for hydroxylation is 1. The lowest BCUT2D eigenvalue weighted by Gasteiger charge is -2.13. The number of benzene rings is 3. The van der Waals surface area contributed by atoms with Gasteiger partial charge in [-0.15, -0.1) is 0 Å². The number of para-hydroxylation sites is 1. The van der Waals surface area contributed by atoms with Crippen molar-refractivity contribution in [3.8, 4) is 11.5 Å². The summed E-state index contributed by atoms with van der Waals surface area (Å²) in [6.07, 6.45) is 1.60. The predicted molar refractivity (Wildman–Crippen MR) is 116 cm³/mol. The zero-order valence-corrected chi connectivity index (χ0v) is 17.1. The summed E-state index contributed by atoms with van der Waals surface area (Å²) in [5.74, 6) is 0.364. The van der Waals surface area contributed by atoms with Gasteiger partial charge >= 0.3 is 5.97 Å². The van der Waals surface area contributed by atoms with Crippen LogP contribution >= 0.6 is 0 Å². The van der Waals surface area contributed by atoms with Crippen molar-refractivity contribution in [2.45, 2.75) is 13.5 Å². The van der Waals surface area contributed by atoms with E-state index in [0.717, 1.165) is 16.7 Å². The van der Waals surface area contributed by atoms with Gasteiger partial charge in [0, 0.05) is 11.1 Å². The van der Waals surface area contributed by atoms with E-state index < -0.39 is 5.97 Å². The Balaban J connectivity index is 1.64. The maximum absolute atomic E-state index is 13.1. The minimum absolute atomic E-state index is 0.162. The van der Waals surface area contributed by atoms with Crippen molar-refractivity contribution >= 4 is 17.9 Å². The highest BCUT2D eigenvalue weighted by molar-refractivity contribution is 6.13. The molecule has 1 heterocycles. The molecule has 0 saturated heterocycles. The summed E-state index contributed by atoms with van der Waals surface area (Å²) in [7, 11) is 1.54. The number of nitrogens with zero attached hydrogens (tertiary/aromatic N) is 1. The molecule has 1 aliphatic rings. The summed E-state index contributed by atoms with van der Waals surface area (Å²) < 4.78 is 29.9. The monoisotopic (exact) mass is 417 g/mol. The highest BCUT2D eigenvalue weighted by Crippen LogP contribution is 2.34. The molecule has 3 aromatic carbocycles. The molecular formula is C25H20FNO4. The average molecular weight is 417 g/mol. The second-order valence-corrected chi connectivity index (χ2v) is 7.00. The Morgan fingerprint density at radius 3 is 2.48 bits per heavy atom. The van der Waals surface area contributed by atoms with Crippen LogP contribution in [0.4, 0.5) is 4.39 Å². The first-order valence-electron chi connectivity index (χ1n) is 9.67. The molecule has 156 valence electrons. The molecule has 0 aromatic heterocycles. The van der Waals surface area contributed by atoms with Gasteiger partial charge in [0.2, 0.25) is 5.90 Å². The number of carbonyl (C=O) groups is 1. The minimum atomic E-state index is -0.539. The zero-order valence-electron chi connectivity index (χ0n) is 17.1. The van der Waals surface area contributed by atoms with E-state index in [0.29, 0.717) is 17.1 Å². The lowest BCUT2D eigenvalue weighted by molar-refractivity contribution is -0.129. The summed E-state index contributed by atoms with van der Waals surface area (Å²) in [4.78, 5) is 16.8. The number of methoxy groups -OCH3 is 1. The van der Waals surface area contributed by atoms with Crippen LogP contribution in [0.25, 0.3) is 6.08 Å². The fraction of sp³-hybridized carbons (Fsp3) is 0.120. The molecule has 0 radical (unpaired) electrons. The standard InChI is InChI=1S/C25H20FNO4/c1-16-6-10-18(11-7-16)24-27-21(25(28)31-24)14-19-4-3-5-22(29-2)23(19)30-15-17-8-12-20(26)13-9-17/h3-14H,15H2,1-2H3/b21-14-. The maximum Gasteiger partial charge on any atom is 0.363 e. The van der Waals surface area contributed by atoms with Gasteiger partial charge in [-0.25, -0.2) is 14.2 Å². The maximum atomic E-state index is 13.1. The quantitative estimate of drug-likeness (QED) is 0.415. The fourth-order valence-electron chi connectivity index (χ4n) is 3.07. The molecule has 4 rings (SSSR count). The molecule has 0 atom stereocenters. The number of carbonyl (C=O) groups excluding carboxylic acids is 1. The molecule has 0 amide bonds. The van der Waals surface area contributed by atoms with E-state index in [9.17, 15) is 9.18 Å². The van der Waals surface area contributed by atoms with Crippen LogP contribution in [0.2, 0.25) is 0 Å². The van der Waals surface area contributed by atoms with Crippen LogP contribution in [0.3, 0.4) is 0 Å². The van der Waals surface area contributed by atoms with Crippen molar-refractivity contribution in [1.29, 1.82) is 0 Å². The third-order valence-corrected chi connectivity index (χ3v) is 4.74. The molecule has 0 spiro atoms. The van der Waals surface area contributed by atoms with E-state index in [1.54, 1.807) is 36.4 Å². The van der Waals surface area contributed by atoms with Crippen molar-refractivity contribution in [2.75, 3.05) is 7.11 Å². The van der Waals surface area contributed by atoms with Crippen molar-refractivity contribution in [2.24, 2.45) is 4.99 Å². The molecule has 0 bridgehead atoms. The van der Waals surface area contributed by atoms with Crippen molar-refractivity contribution in [3.63, 3.8) is 0 Å². The minimum Gasteiger partial charge on any atom is -0.493 e. The van der Waals surface area contributed by atoms with Crippen LogP contribution in [0.5, 0.6) is 11.5 Å². The SMILES string of the molecule is COc1cccc(/C=C2\N=C(c3ccc(C)cc3)OC2=O)c1OCc1ccc(F)cc1. The van der Waals surface area contributed by atoms with E-state index in [4.69, 9.17) is 14.2 Å². The van der Waals surface area contributed by atoms with Crippen LogP contribution in [0, 0.1) is 12.7 Å². The van der Waals surface area contributed by atoms with E-state index in [-0.39, 0.29) is 24.0 Å². The Morgan fingerprint density at radius 2 is 1.77 bits per heavy atom. The number of ether oxygens (including phenoxy) is 3. The summed E-state index contributed by atoms with van der Waals surface area (Å²) in [6, 6.07) is 19.0. The number of esters is 1. The molecule has 3 aromatic rings. The number of cyclic esters (lactones) is 1. The third kappa shape index (κ3) is 4.64. The van der Waals surface area contributed by atoms with Gasteiger partial charge in [0.25, 0.3) is 0 Å². The van der Waals surface area contributed by atoms with E-state index in [1.807, 2.05) is 31.2 Å². The average Bonchev–Trinajstić information content (AvgIpc) is 3.14. The topological polar surface area (TPSA) is 57.1 Å². The van der Waals surface area contributed by atoms with Gasteiger partial charge in [0.15, 0.2) is 17.2 Å². The van der Waals surface area contributed by atoms with E-state index >= 15 is 0 Å². The second kappa shape index (κ2) is 8.83. The lowest BCUT2D eigenvalue weighted by atomic mass is 10.1. The molecule has 0 N–H and O–H groups in total. The van der Waals surface area contributed by atoms with Gasteiger partial charge < -0.3 is 14.2 Å². The molecule has 0 unspecified atom stereocenters. The largest absolute Gasteiger partial charge is 0.493 e. The first kappa shape index (κ1) is 20.3. The molecule has 5 nitrogen and oxygen atoms in total. The number of hydrogen-bond acceptors (Lipinski definition) is 5. The normalized spacial score (nSPS) is 14.4. The summed E-state index contributed by atoms with van der Waals surface area (Å²) in [5, 5.41) is 0. The predicted octanol–water partition coefficient (Wildman–Crippen LogP) is 5.07. The number of hydrogen-bond donors (Lipinski definition) is 0.